The molecule has 0 saturated heterocycles. The number of aryl methyl sites for hydroxylation is 2. The van der Waals surface area contributed by atoms with Gasteiger partial charge in [-0.15, -0.1) is 0 Å². The van der Waals surface area contributed by atoms with Gasteiger partial charge in [-0.3, -0.25) is 9.48 Å². The second-order valence-corrected chi connectivity index (χ2v) is 7.77. The first-order valence-corrected chi connectivity index (χ1v) is 10.4. The number of aromatic nitrogens is 4. The molecule has 4 aromatic rings. The van der Waals surface area contributed by atoms with Gasteiger partial charge in [0.2, 0.25) is 5.65 Å². The van der Waals surface area contributed by atoms with Crippen molar-refractivity contribution in [3.8, 4) is 0 Å². The average molecular weight is 435 g/mol. The van der Waals surface area contributed by atoms with E-state index in [-0.39, 0.29) is 11.9 Å². The third-order valence-electron chi connectivity index (χ3n) is 5.03. The molecule has 2 heterocycles. The van der Waals surface area contributed by atoms with Crippen molar-refractivity contribution in [2.45, 2.75) is 33.4 Å². The molecule has 31 heavy (non-hydrogen) atoms. The number of hydrogen-bond acceptors (Lipinski definition) is 5. The van der Waals surface area contributed by atoms with Crippen LogP contribution in [0, 0.1) is 6.92 Å². The highest BCUT2D eigenvalue weighted by Crippen LogP contribution is 2.23. The predicted octanol–water partition coefficient (Wildman–Crippen LogP) is 5.23. The predicted molar refractivity (Wildman–Crippen MR) is 124 cm³/mol. The van der Waals surface area contributed by atoms with E-state index < -0.39 is 0 Å². The molecule has 0 aliphatic heterocycles. The summed E-state index contributed by atoms with van der Waals surface area (Å²) in [7, 11) is 0. The van der Waals surface area contributed by atoms with Crippen LogP contribution in [0.1, 0.15) is 41.4 Å². The minimum Gasteiger partial charge on any atom is -0.362 e. The van der Waals surface area contributed by atoms with Crippen molar-refractivity contribution in [2.24, 2.45) is 0 Å². The summed E-state index contributed by atoms with van der Waals surface area (Å²) in [5.41, 5.74) is 4.52. The van der Waals surface area contributed by atoms with Crippen molar-refractivity contribution >= 4 is 40.2 Å². The Hall–Kier alpha value is -3.45. The van der Waals surface area contributed by atoms with Gasteiger partial charge in [-0.25, -0.2) is 9.97 Å². The van der Waals surface area contributed by atoms with Crippen LogP contribution in [-0.4, -0.2) is 25.7 Å². The van der Waals surface area contributed by atoms with Gasteiger partial charge in [0.05, 0.1) is 18.4 Å². The van der Waals surface area contributed by atoms with Crippen molar-refractivity contribution in [3.63, 3.8) is 0 Å². The fraction of sp³-hybridized carbons (Fsp3) is 0.217. The van der Waals surface area contributed by atoms with E-state index in [2.05, 4.69) is 25.7 Å². The van der Waals surface area contributed by atoms with Gasteiger partial charge in [0.15, 0.2) is 0 Å². The first-order valence-electron chi connectivity index (χ1n) is 10.1. The largest absolute Gasteiger partial charge is 0.362 e. The lowest BCUT2D eigenvalue weighted by Gasteiger charge is -2.16. The maximum Gasteiger partial charge on any atom is 0.255 e. The molecule has 2 aromatic carbocycles. The van der Waals surface area contributed by atoms with E-state index in [4.69, 9.17) is 11.6 Å². The molecule has 8 heteroatoms. The number of fused-ring (bicyclic) bond motifs is 1. The van der Waals surface area contributed by atoms with Crippen LogP contribution >= 0.6 is 11.6 Å². The Labute approximate surface area is 185 Å². The minimum atomic E-state index is -0.180. The molecule has 0 saturated carbocycles. The lowest BCUT2D eigenvalue weighted by molar-refractivity contribution is 0.102. The molecule has 0 aliphatic rings. The Morgan fingerprint density at radius 3 is 2.84 bits per heavy atom. The smallest absolute Gasteiger partial charge is 0.255 e. The number of carbonyl (C=O) groups is 1. The topological polar surface area (TPSA) is 84.7 Å². The Bertz CT molecular complexity index is 1250. The van der Waals surface area contributed by atoms with E-state index in [9.17, 15) is 4.79 Å². The minimum absolute atomic E-state index is 0.0466. The third kappa shape index (κ3) is 4.67. The van der Waals surface area contributed by atoms with E-state index >= 15 is 0 Å². The third-order valence-corrected chi connectivity index (χ3v) is 5.45. The molecule has 0 unspecified atom stereocenters. The summed E-state index contributed by atoms with van der Waals surface area (Å²) in [6.45, 7) is 6.69. The molecule has 7 nitrogen and oxygen atoms in total. The standard InChI is InChI=1S/C23H23ClN6O/c1-4-30-13-20-22(29-30)28-21(12-25-20)26-15(3)16-6-5-7-18(11-16)27-23(31)17-8-9-19(24)14(2)10-17/h5-13,15H,4H2,1-3H3,(H,27,31)(H,26,28,29)/t15-/m0/s1. The van der Waals surface area contributed by atoms with Crippen molar-refractivity contribution in [1.29, 1.82) is 0 Å². The van der Waals surface area contributed by atoms with Crippen LogP contribution in [0.2, 0.25) is 5.02 Å². The van der Waals surface area contributed by atoms with Gasteiger partial charge in [-0.2, -0.15) is 5.10 Å². The average Bonchev–Trinajstić information content (AvgIpc) is 3.18. The number of halogens is 1. The zero-order valence-electron chi connectivity index (χ0n) is 17.6. The summed E-state index contributed by atoms with van der Waals surface area (Å²) in [6.07, 6.45) is 3.58. The van der Waals surface area contributed by atoms with E-state index in [1.165, 1.54) is 0 Å². The molecule has 0 aliphatic carbocycles. The number of nitrogens with one attached hydrogen (secondary N) is 2. The van der Waals surface area contributed by atoms with Gasteiger partial charge in [0, 0.05) is 22.8 Å². The van der Waals surface area contributed by atoms with Crippen LogP contribution in [0.3, 0.4) is 0 Å². The lowest BCUT2D eigenvalue weighted by Crippen LogP contribution is -2.13. The normalized spacial score (nSPS) is 12.0. The summed E-state index contributed by atoms with van der Waals surface area (Å²) in [6, 6.07) is 12.9. The van der Waals surface area contributed by atoms with Gasteiger partial charge >= 0.3 is 0 Å². The van der Waals surface area contributed by atoms with Crippen LogP contribution in [0.4, 0.5) is 11.5 Å². The monoisotopic (exact) mass is 434 g/mol. The fourth-order valence-corrected chi connectivity index (χ4v) is 3.37. The molecule has 2 N–H and O–H groups in total. The highest BCUT2D eigenvalue weighted by molar-refractivity contribution is 6.31. The number of amides is 1. The molecule has 0 radical (unpaired) electrons. The molecule has 158 valence electrons. The van der Waals surface area contributed by atoms with E-state index in [1.807, 2.05) is 55.9 Å². The number of hydrogen-bond donors (Lipinski definition) is 2. The molecule has 0 bridgehead atoms. The highest BCUT2D eigenvalue weighted by atomic mass is 35.5. The molecular weight excluding hydrogens is 412 g/mol. The van der Waals surface area contributed by atoms with Crippen LogP contribution in [0.25, 0.3) is 11.2 Å². The number of rotatable bonds is 6. The molecule has 2 aromatic heterocycles. The van der Waals surface area contributed by atoms with Crippen LogP contribution < -0.4 is 10.6 Å². The molecule has 0 fully saturated rings. The summed E-state index contributed by atoms with van der Waals surface area (Å²) in [5, 5.41) is 11.3. The van der Waals surface area contributed by atoms with Crippen LogP contribution in [0.5, 0.6) is 0 Å². The van der Waals surface area contributed by atoms with Gasteiger partial charge in [0.1, 0.15) is 11.3 Å². The molecule has 4 rings (SSSR count). The van der Waals surface area contributed by atoms with Gasteiger partial charge in [-0.1, -0.05) is 23.7 Å². The van der Waals surface area contributed by atoms with Crippen molar-refractivity contribution < 1.29 is 4.79 Å². The summed E-state index contributed by atoms with van der Waals surface area (Å²) >= 11 is 6.06. The summed E-state index contributed by atoms with van der Waals surface area (Å²) < 4.78 is 1.81. The number of benzene rings is 2. The number of nitrogens with zero attached hydrogens (tertiary/aromatic N) is 4. The Morgan fingerprint density at radius 1 is 1.23 bits per heavy atom. The van der Waals surface area contributed by atoms with Gasteiger partial charge in [0.25, 0.3) is 5.91 Å². The first-order chi connectivity index (χ1) is 14.9. The van der Waals surface area contributed by atoms with E-state index in [1.54, 1.807) is 24.4 Å². The first kappa shape index (κ1) is 20.8. The maximum absolute atomic E-state index is 12.6. The van der Waals surface area contributed by atoms with Crippen molar-refractivity contribution in [1.82, 2.24) is 19.7 Å². The van der Waals surface area contributed by atoms with Gasteiger partial charge < -0.3 is 10.6 Å². The van der Waals surface area contributed by atoms with Crippen LogP contribution in [0.15, 0.2) is 54.9 Å². The molecule has 1 amide bonds. The number of carbonyl (C=O) groups excluding carboxylic acids is 1. The fourth-order valence-electron chi connectivity index (χ4n) is 3.26. The zero-order chi connectivity index (χ0) is 22.0. The molecular formula is C23H23ClN6O. The lowest BCUT2D eigenvalue weighted by atomic mass is 10.1. The van der Waals surface area contributed by atoms with E-state index in [0.717, 1.165) is 23.2 Å². The number of anilines is 2. The Morgan fingerprint density at radius 2 is 2.06 bits per heavy atom. The highest BCUT2D eigenvalue weighted by Gasteiger charge is 2.12. The summed E-state index contributed by atoms with van der Waals surface area (Å²) in [4.78, 5) is 21.6. The van der Waals surface area contributed by atoms with Crippen molar-refractivity contribution in [3.05, 3.63) is 76.6 Å². The zero-order valence-corrected chi connectivity index (χ0v) is 18.3. The van der Waals surface area contributed by atoms with Crippen LogP contribution in [-0.2, 0) is 6.54 Å². The van der Waals surface area contributed by atoms with E-state index in [0.29, 0.717) is 27.7 Å². The second-order valence-electron chi connectivity index (χ2n) is 7.36. The maximum atomic E-state index is 12.6. The Balaban J connectivity index is 1.48. The second kappa shape index (κ2) is 8.73. The van der Waals surface area contributed by atoms with Crippen molar-refractivity contribution in [2.75, 3.05) is 10.6 Å². The quantitative estimate of drug-likeness (QED) is 0.434. The molecule has 1 atom stereocenters. The Kier molecular flexibility index (Phi) is 5.86. The molecule has 0 spiro atoms. The SMILES string of the molecule is CCn1cc2ncc(N[C@@H](C)c3cccc(NC(=O)c4ccc(Cl)c(C)c4)c3)nc2n1. The van der Waals surface area contributed by atoms with Gasteiger partial charge in [-0.05, 0) is 62.2 Å². The summed E-state index contributed by atoms with van der Waals surface area (Å²) in [5.74, 6) is 0.466.